The molecule has 0 saturated carbocycles. The summed E-state index contributed by atoms with van der Waals surface area (Å²) >= 11 is -0.248. The Morgan fingerprint density at radius 2 is 2.43 bits per heavy atom. The minimum Gasteiger partial charge on any atom is -0.154 e. The van der Waals surface area contributed by atoms with Gasteiger partial charge in [0.15, 0.2) is 0 Å². The minimum atomic E-state index is -0.248. The normalized spacial score (nSPS) is 11.6. The fourth-order valence-corrected chi connectivity index (χ4v) is 0.443. The first-order valence-electron chi connectivity index (χ1n) is 1.81. The molecular formula is C4H7IN2. The number of allylic oxidation sites excluding steroid dienone is 1. The van der Waals surface area contributed by atoms with Gasteiger partial charge >= 0.3 is 0 Å². The molecule has 0 saturated heterocycles. The molecule has 0 rings (SSSR count). The SMILES string of the molecule is C=IN=N/C=C\C. The van der Waals surface area contributed by atoms with Gasteiger partial charge in [-0.1, -0.05) is 6.08 Å². The standard InChI is InChI=1S/C4H7IN2/c1-3-4-6-7-5-2/h3-4H,2H2,1H3/b4-3-,7-6?. The summed E-state index contributed by atoms with van der Waals surface area (Å²) in [7, 11) is 0. The summed E-state index contributed by atoms with van der Waals surface area (Å²) in [5, 5.41) is 3.64. The Morgan fingerprint density at radius 3 is 2.86 bits per heavy atom. The van der Waals surface area contributed by atoms with Gasteiger partial charge in [0.25, 0.3) is 0 Å². The molecule has 0 aromatic rings. The lowest BCUT2D eigenvalue weighted by atomic mass is 10.7. The predicted molar refractivity (Wildman–Crippen MR) is 40.8 cm³/mol. The van der Waals surface area contributed by atoms with Crippen LogP contribution in [0, 0.1) is 0 Å². The monoisotopic (exact) mass is 210 g/mol. The summed E-state index contributed by atoms with van der Waals surface area (Å²) in [4.78, 5) is 0. The van der Waals surface area contributed by atoms with Crippen LogP contribution in [-0.4, -0.2) is 4.51 Å². The fourth-order valence-electron chi connectivity index (χ4n) is 0.123. The van der Waals surface area contributed by atoms with Crippen LogP contribution in [0.4, 0.5) is 0 Å². The summed E-state index contributed by atoms with van der Waals surface area (Å²) in [6.07, 6.45) is 3.49. The van der Waals surface area contributed by atoms with Crippen molar-refractivity contribution in [1.29, 1.82) is 0 Å². The molecular weight excluding hydrogens is 203 g/mol. The largest absolute Gasteiger partial charge is 0.154 e. The van der Waals surface area contributed by atoms with E-state index in [1.165, 1.54) is 0 Å². The molecule has 0 amide bonds. The maximum atomic E-state index is 3.70. The number of rotatable bonds is 2. The summed E-state index contributed by atoms with van der Waals surface area (Å²) in [5.74, 6) is 0. The molecule has 0 aliphatic rings. The summed E-state index contributed by atoms with van der Waals surface area (Å²) in [6, 6.07) is 0. The van der Waals surface area contributed by atoms with Crippen molar-refractivity contribution in [2.45, 2.75) is 6.92 Å². The van der Waals surface area contributed by atoms with Crippen molar-refractivity contribution < 1.29 is 0 Å². The zero-order valence-corrected chi connectivity index (χ0v) is 6.29. The van der Waals surface area contributed by atoms with Crippen molar-refractivity contribution in [3.63, 3.8) is 0 Å². The summed E-state index contributed by atoms with van der Waals surface area (Å²) < 4.78 is 7.27. The first-order valence-corrected chi connectivity index (χ1v) is 4.30. The average Bonchev–Trinajstić information content (AvgIpc) is 1.69. The van der Waals surface area contributed by atoms with E-state index in [0.29, 0.717) is 0 Å². The number of hydrogen-bond acceptors (Lipinski definition) is 2. The minimum absolute atomic E-state index is 0.248. The van der Waals surface area contributed by atoms with Gasteiger partial charge in [0, 0.05) is 27.2 Å². The molecule has 40 valence electrons. The highest BCUT2D eigenvalue weighted by atomic mass is 127. The molecule has 7 heavy (non-hydrogen) atoms. The van der Waals surface area contributed by atoms with Gasteiger partial charge in [-0.2, -0.15) is 5.11 Å². The fraction of sp³-hybridized carbons (Fsp3) is 0.250. The van der Waals surface area contributed by atoms with Gasteiger partial charge in [0.2, 0.25) is 0 Å². The molecule has 0 N–H and O–H groups in total. The molecule has 3 heteroatoms. The predicted octanol–water partition coefficient (Wildman–Crippen LogP) is 2.29. The second-order valence-corrected chi connectivity index (χ2v) is 1.91. The highest BCUT2D eigenvalue weighted by Crippen LogP contribution is 1.92. The van der Waals surface area contributed by atoms with E-state index in [4.69, 9.17) is 0 Å². The van der Waals surface area contributed by atoms with Crippen molar-refractivity contribution >= 4 is 25.5 Å². The molecule has 0 aromatic heterocycles. The van der Waals surface area contributed by atoms with E-state index in [9.17, 15) is 0 Å². The van der Waals surface area contributed by atoms with Crippen molar-refractivity contribution in [2.24, 2.45) is 8.44 Å². The van der Waals surface area contributed by atoms with E-state index in [2.05, 4.69) is 13.0 Å². The van der Waals surface area contributed by atoms with Crippen LogP contribution in [0.2, 0.25) is 0 Å². The molecule has 0 aliphatic carbocycles. The zero-order chi connectivity index (χ0) is 5.54. The molecule has 0 unspecified atom stereocenters. The van der Waals surface area contributed by atoms with Crippen LogP contribution >= 0.6 is 21.0 Å². The Labute approximate surface area is 53.4 Å². The van der Waals surface area contributed by atoms with Gasteiger partial charge in [-0.15, -0.1) is 3.33 Å². The Hall–Kier alpha value is -0.0600. The van der Waals surface area contributed by atoms with Crippen LogP contribution in [0.1, 0.15) is 6.92 Å². The van der Waals surface area contributed by atoms with Crippen molar-refractivity contribution in [3.8, 4) is 0 Å². The molecule has 0 radical (unpaired) electrons. The van der Waals surface area contributed by atoms with Crippen molar-refractivity contribution in [3.05, 3.63) is 12.3 Å². The molecule has 2 nitrogen and oxygen atoms in total. The average molecular weight is 210 g/mol. The van der Waals surface area contributed by atoms with Crippen molar-refractivity contribution in [2.75, 3.05) is 0 Å². The molecule has 0 heterocycles. The van der Waals surface area contributed by atoms with E-state index in [0.717, 1.165) is 0 Å². The smallest absolute Gasteiger partial charge is 0.0457 e. The summed E-state index contributed by atoms with van der Waals surface area (Å²) in [5.41, 5.74) is 0. The Balaban J connectivity index is 3.27. The highest BCUT2D eigenvalue weighted by molar-refractivity contribution is 14.2. The molecule has 0 fully saturated rings. The molecule has 0 aromatic carbocycles. The maximum Gasteiger partial charge on any atom is 0.0457 e. The second kappa shape index (κ2) is 5.94. The topological polar surface area (TPSA) is 24.7 Å². The third-order valence-corrected chi connectivity index (χ3v) is 0.867. The van der Waals surface area contributed by atoms with Crippen molar-refractivity contribution in [1.82, 2.24) is 0 Å². The van der Waals surface area contributed by atoms with Gasteiger partial charge in [0.05, 0.1) is 0 Å². The quantitative estimate of drug-likeness (QED) is 0.493. The van der Waals surface area contributed by atoms with Gasteiger partial charge in [-0.05, 0) is 11.4 Å². The van der Waals surface area contributed by atoms with Crippen LogP contribution in [-0.2, 0) is 0 Å². The third kappa shape index (κ3) is 5.94. The lowest BCUT2D eigenvalue weighted by Crippen LogP contribution is -1.37. The summed E-state index contributed by atoms with van der Waals surface area (Å²) in [6.45, 7) is 1.90. The molecule has 0 bridgehead atoms. The van der Waals surface area contributed by atoms with E-state index in [-0.39, 0.29) is 21.0 Å². The van der Waals surface area contributed by atoms with Crippen LogP contribution in [0.15, 0.2) is 20.7 Å². The Morgan fingerprint density at radius 1 is 1.71 bits per heavy atom. The lowest BCUT2D eigenvalue weighted by Gasteiger charge is -1.64. The van der Waals surface area contributed by atoms with Crippen LogP contribution in [0.5, 0.6) is 0 Å². The first kappa shape index (κ1) is 6.94. The Kier molecular flexibility index (Phi) is 5.89. The van der Waals surface area contributed by atoms with Crippen LogP contribution < -0.4 is 0 Å². The molecule has 0 spiro atoms. The first-order chi connectivity index (χ1) is 3.41. The maximum absolute atomic E-state index is 3.70. The number of hydrogen-bond donors (Lipinski definition) is 0. The van der Waals surface area contributed by atoms with Gasteiger partial charge < -0.3 is 0 Å². The van der Waals surface area contributed by atoms with E-state index in [1.54, 1.807) is 6.20 Å². The number of halogens is 1. The lowest BCUT2D eigenvalue weighted by molar-refractivity contribution is 1.36. The van der Waals surface area contributed by atoms with Gasteiger partial charge in [-0.25, -0.2) is 0 Å². The molecule has 0 aliphatic heterocycles. The second-order valence-electron chi connectivity index (χ2n) is 0.793. The van der Waals surface area contributed by atoms with Gasteiger partial charge in [0.1, 0.15) is 0 Å². The number of nitrogens with zero attached hydrogens (tertiary/aromatic N) is 2. The van der Waals surface area contributed by atoms with Crippen LogP contribution in [0.3, 0.4) is 0 Å². The van der Waals surface area contributed by atoms with E-state index < -0.39 is 0 Å². The molecule has 0 atom stereocenters. The van der Waals surface area contributed by atoms with Crippen LogP contribution in [0.25, 0.3) is 0 Å². The third-order valence-electron chi connectivity index (χ3n) is 0.313. The van der Waals surface area contributed by atoms with E-state index in [1.807, 2.05) is 13.0 Å². The van der Waals surface area contributed by atoms with Gasteiger partial charge in [-0.3, -0.25) is 0 Å². The Bertz CT molecular complexity index is 95.9. The highest BCUT2D eigenvalue weighted by Gasteiger charge is 1.53. The zero-order valence-electron chi connectivity index (χ0n) is 4.13. The van der Waals surface area contributed by atoms with E-state index >= 15 is 0 Å².